The maximum atomic E-state index is 14.9. The minimum absolute atomic E-state index is 0.0328. The quantitative estimate of drug-likeness (QED) is 0.491. The Hall–Kier alpha value is -3.46. The van der Waals surface area contributed by atoms with Crippen LogP contribution in [0.25, 0.3) is 0 Å². The van der Waals surface area contributed by atoms with Crippen molar-refractivity contribution >= 4 is 28.8 Å². The molecule has 0 fully saturated rings. The molecule has 0 saturated heterocycles. The van der Waals surface area contributed by atoms with Gasteiger partial charge in [0.05, 0.1) is 22.0 Å². The van der Waals surface area contributed by atoms with Crippen molar-refractivity contribution < 1.29 is 22.3 Å². The zero-order chi connectivity index (χ0) is 23.8. The molecule has 0 amide bonds. The molecule has 2 N–H and O–H groups in total. The lowest BCUT2D eigenvalue weighted by molar-refractivity contribution is -0.137. The molecule has 170 valence electrons. The Morgan fingerprint density at radius 3 is 2.48 bits per heavy atom. The maximum Gasteiger partial charge on any atom is 0.417 e. The third-order valence-corrected chi connectivity index (χ3v) is 5.33. The van der Waals surface area contributed by atoms with Crippen LogP contribution in [0.4, 0.5) is 23.2 Å². The van der Waals surface area contributed by atoms with Crippen LogP contribution in [0.3, 0.4) is 0 Å². The molecule has 1 aliphatic heterocycles. The standard InChI is InChI=1S/C23H17ClF4N4O/c1-12-22(29)31-16-9-7-14(23(26,27)28)19(24)18(16)21(30-12)20-15(25)8-10-17(32-20)33-11-13-5-3-2-4-6-13/h2-10,12H,11H2,1H3,(H2,29,31)/t12-/m0/s1. The van der Waals surface area contributed by atoms with Crippen molar-refractivity contribution in [3.8, 4) is 5.88 Å². The van der Waals surface area contributed by atoms with Crippen LogP contribution in [-0.2, 0) is 12.8 Å². The molecule has 0 unspecified atom stereocenters. The largest absolute Gasteiger partial charge is 0.473 e. The van der Waals surface area contributed by atoms with Crippen molar-refractivity contribution in [2.75, 3.05) is 0 Å². The summed E-state index contributed by atoms with van der Waals surface area (Å²) in [7, 11) is 0. The molecule has 0 saturated carbocycles. The second-order valence-corrected chi connectivity index (χ2v) is 7.64. The normalized spacial score (nSPS) is 15.9. The van der Waals surface area contributed by atoms with Gasteiger partial charge in [-0.25, -0.2) is 14.4 Å². The molecule has 1 aliphatic rings. The van der Waals surface area contributed by atoms with Gasteiger partial charge in [-0.15, -0.1) is 0 Å². The lowest BCUT2D eigenvalue weighted by atomic mass is 10.0. The highest BCUT2D eigenvalue weighted by molar-refractivity contribution is 6.37. The van der Waals surface area contributed by atoms with Crippen molar-refractivity contribution in [3.05, 3.63) is 87.8 Å². The second-order valence-electron chi connectivity index (χ2n) is 7.26. The number of pyridine rings is 1. The number of fused-ring (bicyclic) bond motifs is 1. The van der Waals surface area contributed by atoms with E-state index in [1.807, 2.05) is 30.3 Å². The lowest BCUT2D eigenvalue weighted by Gasteiger charge is -2.16. The van der Waals surface area contributed by atoms with Crippen LogP contribution in [0.2, 0.25) is 5.02 Å². The first-order chi connectivity index (χ1) is 15.6. The highest BCUT2D eigenvalue weighted by Crippen LogP contribution is 2.41. The Bertz CT molecular complexity index is 1260. The van der Waals surface area contributed by atoms with Crippen LogP contribution in [0.5, 0.6) is 5.88 Å². The van der Waals surface area contributed by atoms with Crippen molar-refractivity contribution in [3.63, 3.8) is 0 Å². The fourth-order valence-corrected chi connectivity index (χ4v) is 3.60. The van der Waals surface area contributed by atoms with E-state index in [9.17, 15) is 17.6 Å². The van der Waals surface area contributed by atoms with Gasteiger partial charge in [-0.3, -0.25) is 4.99 Å². The number of rotatable bonds is 4. The molecule has 0 spiro atoms. The number of aliphatic imine (C=N–C) groups is 2. The number of ether oxygens (including phenoxy) is 1. The molecule has 10 heteroatoms. The van der Waals surface area contributed by atoms with Crippen molar-refractivity contribution in [1.29, 1.82) is 0 Å². The average Bonchev–Trinajstić information content (AvgIpc) is 2.89. The van der Waals surface area contributed by atoms with E-state index in [0.717, 1.165) is 23.8 Å². The van der Waals surface area contributed by atoms with Gasteiger partial charge >= 0.3 is 6.18 Å². The van der Waals surface area contributed by atoms with Crippen LogP contribution in [0.1, 0.15) is 29.3 Å². The number of amidine groups is 1. The highest BCUT2D eigenvalue weighted by Gasteiger charge is 2.37. The summed E-state index contributed by atoms with van der Waals surface area (Å²) >= 11 is 6.16. The van der Waals surface area contributed by atoms with E-state index in [2.05, 4.69) is 15.0 Å². The van der Waals surface area contributed by atoms with Gasteiger partial charge < -0.3 is 10.5 Å². The summed E-state index contributed by atoms with van der Waals surface area (Å²) in [6.07, 6.45) is -4.74. The van der Waals surface area contributed by atoms with E-state index < -0.39 is 28.6 Å². The molecule has 1 aromatic heterocycles. The number of nitrogens with zero attached hydrogens (tertiary/aromatic N) is 3. The fraction of sp³-hybridized carbons (Fsp3) is 0.174. The molecule has 1 atom stereocenters. The van der Waals surface area contributed by atoms with E-state index in [-0.39, 0.29) is 41.0 Å². The van der Waals surface area contributed by atoms with Crippen molar-refractivity contribution in [2.45, 2.75) is 25.7 Å². The second kappa shape index (κ2) is 8.82. The topological polar surface area (TPSA) is 72.9 Å². The van der Waals surface area contributed by atoms with Gasteiger partial charge in [0, 0.05) is 11.6 Å². The summed E-state index contributed by atoms with van der Waals surface area (Å²) < 4.78 is 61.1. The van der Waals surface area contributed by atoms with E-state index in [0.29, 0.717) is 0 Å². The van der Waals surface area contributed by atoms with Crippen LogP contribution in [0.15, 0.2) is 64.6 Å². The van der Waals surface area contributed by atoms with Gasteiger partial charge in [-0.1, -0.05) is 41.9 Å². The van der Waals surface area contributed by atoms with Crippen LogP contribution < -0.4 is 10.5 Å². The van der Waals surface area contributed by atoms with E-state index in [4.69, 9.17) is 22.1 Å². The van der Waals surface area contributed by atoms with Gasteiger partial charge in [0.2, 0.25) is 5.88 Å². The predicted molar refractivity (Wildman–Crippen MR) is 118 cm³/mol. The summed E-state index contributed by atoms with van der Waals surface area (Å²) in [6.45, 7) is 1.74. The number of benzene rings is 2. The molecule has 0 radical (unpaired) electrons. The molecule has 33 heavy (non-hydrogen) atoms. The van der Waals surface area contributed by atoms with Gasteiger partial charge in [0.25, 0.3) is 0 Å². The monoisotopic (exact) mass is 476 g/mol. The molecule has 4 rings (SSSR count). The molecule has 2 aromatic carbocycles. The molecule has 5 nitrogen and oxygen atoms in total. The fourth-order valence-electron chi connectivity index (χ4n) is 3.24. The molecule has 2 heterocycles. The van der Waals surface area contributed by atoms with E-state index in [1.54, 1.807) is 6.92 Å². The minimum Gasteiger partial charge on any atom is -0.473 e. The maximum absolute atomic E-state index is 14.9. The van der Waals surface area contributed by atoms with Crippen molar-refractivity contribution in [1.82, 2.24) is 4.98 Å². The minimum atomic E-state index is -4.74. The van der Waals surface area contributed by atoms with Crippen LogP contribution in [-0.4, -0.2) is 22.6 Å². The first kappa shape index (κ1) is 22.7. The van der Waals surface area contributed by atoms with Crippen LogP contribution >= 0.6 is 11.6 Å². The summed E-state index contributed by atoms with van der Waals surface area (Å²) in [5.41, 5.74) is 5.00. The SMILES string of the molecule is C[C@@H]1N=C(c2nc(OCc3ccccc3)ccc2F)c2c(ccc(C(F)(F)F)c2Cl)N=C1N. The molecule has 0 bridgehead atoms. The molecule has 0 aliphatic carbocycles. The Morgan fingerprint density at radius 2 is 1.79 bits per heavy atom. The summed E-state index contributed by atoms with van der Waals surface area (Å²) in [6, 6.07) is 12.8. The number of halogens is 5. The first-order valence-electron chi connectivity index (χ1n) is 9.80. The summed E-state index contributed by atoms with van der Waals surface area (Å²) in [5, 5.41) is -0.666. The van der Waals surface area contributed by atoms with Crippen LogP contribution in [0, 0.1) is 5.82 Å². The Labute approximate surface area is 191 Å². The molecule has 3 aromatic rings. The van der Waals surface area contributed by atoms with E-state index in [1.165, 1.54) is 6.07 Å². The predicted octanol–water partition coefficient (Wildman–Crippen LogP) is 5.70. The summed E-state index contributed by atoms with van der Waals surface area (Å²) in [5.74, 6) is -0.708. The highest BCUT2D eigenvalue weighted by atomic mass is 35.5. The third kappa shape index (κ3) is 4.68. The number of aromatic nitrogens is 1. The van der Waals surface area contributed by atoms with E-state index >= 15 is 0 Å². The molecular formula is C23H17ClF4N4O. The van der Waals surface area contributed by atoms with Gasteiger partial charge in [0.1, 0.15) is 24.2 Å². The Balaban J connectivity index is 1.83. The number of hydrogen-bond acceptors (Lipinski definition) is 5. The first-order valence-corrected chi connectivity index (χ1v) is 10.2. The zero-order valence-electron chi connectivity index (χ0n) is 17.2. The van der Waals surface area contributed by atoms with Crippen molar-refractivity contribution in [2.24, 2.45) is 15.7 Å². The smallest absolute Gasteiger partial charge is 0.417 e. The number of nitrogens with two attached hydrogens (primary N) is 1. The lowest BCUT2D eigenvalue weighted by Crippen LogP contribution is -2.24. The summed E-state index contributed by atoms with van der Waals surface area (Å²) in [4.78, 5) is 12.7. The Morgan fingerprint density at radius 1 is 1.06 bits per heavy atom. The van der Waals surface area contributed by atoms with Gasteiger partial charge in [0.15, 0.2) is 5.82 Å². The Kier molecular flexibility index (Phi) is 6.07. The van der Waals surface area contributed by atoms with Gasteiger partial charge in [-0.05, 0) is 30.7 Å². The number of hydrogen-bond donors (Lipinski definition) is 1. The van der Waals surface area contributed by atoms with Gasteiger partial charge in [-0.2, -0.15) is 13.2 Å². The third-order valence-electron chi connectivity index (χ3n) is 4.94. The zero-order valence-corrected chi connectivity index (χ0v) is 18.0. The number of alkyl halides is 3. The molecular weight excluding hydrogens is 460 g/mol. The average molecular weight is 477 g/mol.